The van der Waals surface area contributed by atoms with Crippen LogP contribution in [0.5, 0.6) is 5.75 Å². The Morgan fingerprint density at radius 2 is 1.72 bits per heavy atom. The van der Waals surface area contributed by atoms with Gasteiger partial charge in [-0.25, -0.2) is 0 Å². The van der Waals surface area contributed by atoms with Crippen molar-refractivity contribution in [2.45, 2.75) is 51.3 Å². The van der Waals surface area contributed by atoms with Crippen molar-refractivity contribution in [3.05, 3.63) is 65.7 Å². The van der Waals surface area contributed by atoms with Gasteiger partial charge in [-0.15, -0.1) is 13.2 Å². The van der Waals surface area contributed by atoms with E-state index in [0.29, 0.717) is 6.54 Å². The van der Waals surface area contributed by atoms with Crippen LogP contribution < -0.4 is 10.1 Å². The number of likely N-dealkylation sites (N-methyl/N-ethyl adjacent to an activating group) is 1. The number of likely N-dealkylation sites (tertiary alicyclic amines) is 1. The molecule has 1 amide bonds. The summed E-state index contributed by atoms with van der Waals surface area (Å²) in [5.74, 6) is -0.292. The van der Waals surface area contributed by atoms with Crippen molar-refractivity contribution in [3.8, 4) is 5.75 Å². The van der Waals surface area contributed by atoms with Crippen LogP contribution in [0.1, 0.15) is 30.9 Å². The zero-order valence-electron chi connectivity index (χ0n) is 18.4. The number of benzene rings is 2. The highest BCUT2D eigenvalue weighted by molar-refractivity contribution is 5.81. The van der Waals surface area contributed by atoms with E-state index in [1.54, 1.807) is 12.1 Å². The zero-order valence-corrected chi connectivity index (χ0v) is 18.4. The second-order valence-electron chi connectivity index (χ2n) is 8.33. The maximum absolute atomic E-state index is 12.7. The van der Waals surface area contributed by atoms with Gasteiger partial charge in [0.15, 0.2) is 0 Å². The van der Waals surface area contributed by atoms with Gasteiger partial charge in [0.1, 0.15) is 5.75 Å². The van der Waals surface area contributed by atoms with Gasteiger partial charge in [-0.2, -0.15) is 0 Å². The van der Waals surface area contributed by atoms with Crippen molar-refractivity contribution in [1.82, 2.24) is 15.1 Å². The lowest BCUT2D eigenvalue weighted by Crippen LogP contribution is -2.50. The average Bonchev–Trinajstić information content (AvgIpc) is 2.75. The first-order valence-corrected chi connectivity index (χ1v) is 10.8. The second kappa shape index (κ2) is 10.8. The summed E-state index contributed by atoms with van der Waals surface area (Å²) in [4.78, 5) is 17.0. The molecule has 32 heavy (non-hydrogen) atoms. The van der Waals surface area contributed by atoms with Crippen LogP contribution in [0.15, 0.2) is 54.6 Å². The van der Waals surface area contributed by atoms with Crippen molar-refractivity contribution in [2.24, 2.45) is 0 Å². The van der Waals surface area contributed by atoms with Crippen LogP contribution in [-0.2, 0) is 17.9 Å². The summed E-state index contributed by atoms with van der Waals surface area (Å²) in [5, 5.41) is 3.15. The lowest BCUT2D eigenvalue weighted by molar-refractivity contribution is -0.274. The molecule has 1 saturated heterocycles. The van der Waals surface area contributed by atoms with Crippen LogP contribution in [0.3, 0.4) is 0 Å². The number of halogens is 3. The number of nitrogens with zero attached hydrogens (tertiary/aromatic N) is 2. The van der Waals surface area contributed by atoms with E-state index in [4.69, 9.17) is 0 Å². The topological polar surface area (TPSA) is 44.8 Å². The van der Waals surface area contributed by atoms with Crippen molar-refractivity contribution in [1.29, 1.82) is 0 Å². The fourth-order valence-electron chi connectivity index (χ4n) is 3.82. The Bertz CT molecular complexity index is 851. The third kappa shape index (κ3) is 7.53. The number of ether oxygens (including phenoxy) is 1. The van der Waals surface area contributed by atoms with E-state index in [1.807, 2.05) is 37.1 Å². The number of hydrogen-bond acceptors (Lipinski definition) is 4. The molecule has 0 radical (unpaired) electrons. The Labute approximate surface area is 187 Å². The molecule has 2 aromatic carbocycles. The normalized spacial score (nSPS) is 16.7. The van der Waals surface area contributed by atoms with Gasteiger partial charge in [0.05, 0.1) is 6.04 Å². The van der Waals surface area contributed by atoms with Crippen LogP contribution in [0.4, 0.5) is 13.2 Å². The first-order valence-electron chi connectivity index (χ1n) is 10.8. The molecule has 8 heteroatoms. The number of nitrogens with one attached hydrogen (secondary N) is 1. The van der Waals surface area contributed by atoms with Gasteiger partial charge in [-0.05, 0) is 50.1 Å². The number of carbonyl (C=O) groups is 1. The maximum atomic E-state index is 12.7. The molecule has 0 aliphatic carbocycles. The SMILES string of the molecule is CC(C(=O)NC1CCN(Cc2ccccc2)CC1)N(C)Cc1ccc(OC(F)(F)F)cc1. The first kappa shape index (κ1) is 24.1. The standard InChI is InChI=1S/C24H30F3N3O2/c1-18(29(2)16-20-8-10-22(11-9-20)32-24(25,26)27)23(31)28-21-12-14-30(15-13-21)17-19-6-4-3-5-7-19/h3-11,18,21H,12-17H2,1-2H3,(H,28,31). The van der Waals surface area contributed by atoms with Gasteiger partial charge < -0.3 is 10.1 Å². The third-order valence-electron chi connectivity index (χ3n) is 5.81. The molecule has 0 spiro atoms. The minimum Gasteiger partial charge on any atom is -0.406 e. The molecule has 1 atom stereocenters. The van der Waals surface area contributed by atoms with Crippen molar-refractivity contribution < 1.29 is 22.7 Å². The number of piperidine rings is 1. The summed E-state index contributed by atoms with van der Waals surface area (Å²) in [6.07, 6.45) is -2.88. The minimum atomic E-state index is -4.71. The number of rotatable bonds is 8. The predicted molar refractivity (Wildman–Crippen MR) is 117 cm³/mol. The molecule has 1 heterocycles. The molecule has 0 saturated carbocycles. The summed E-state index contributed by atoms with van der Waals surface area (Å²) in [5.41, 5.74) is 2.10. The van der Waals surface area contributed by atoms with E-state index in [-0.39, 0.29) is 23.7 Å². The Morgan fingerprint density at radius 3 is 2.31 bits per heavy atom. The largest absolute Gasteiger partial charge is 0.573 e. The van der Waals surface area contributed by atoms with E-state index < -0.39 is 6.36 Å². The summed E-state index contributed by atoms with van der Waals surface area (Å²) >= 11 is 0. The zero-order chi connectivity index (χ0) is 23.1. The van der Waals surface area contributed by atoms with Gasteiger partial charge in [-0.1, -0.05) is 42.5 Å². The van der Waals surface area contributed by atoms with Gasteiger partial charge in [-0.3, -0.25) is 14.6 Å². The highest BCUT2D eigenvalue weighted by Gasteiger charge is 2.31. The van der Waals surface area contributed by atoms with E-state index in [2.05, 4.69) is 27.1 Å². The molecule has 5 nitrogen and oxygen atoms in total. The van der Waals surface area contributed by atoms with Crippen molar-refractivity contribution in [3.63, 3.8) is 0 Å². The number of carbonyl (C=O) groups excluding carboxylic acids is 1. The van der Waals surface area contributed by atoms with Crippen LogP contribution in [0.25, 0.3) is 0 Å². The second-order valence-corrected chi connectivity index (χ2v) is 8.33. The highest BCUT2D eigenvalue weighted by Crippen LogP contribution is 2.23. The molecular weight excluding hydrogens is 419 g/mol. The maximum Gasteiger partial charge on any atom is 0.573 e. The summed E-state index contributed by atoms with van der Waals surface area (Å²) in [6, 6.07) is 15.9. The lowest BCUT2D eigenvalue weighted by atomic mass is 10.0. The first-order chi connectivity index (χ1) is 15.2. The molecule has 1 N–H and O–H groups in total. The molecule has 2 aromatic rings. The van der Waals surface area contributed by atoms with Gasteiger partial charge in [0.2, 0.25) is 5.91 Å². The molecule has 0 aromatic heterocycles. The van der Waals surface area contributed by atoms with Crippen LogP contribution in [-0.4, -0.2) is 54.3 Å². The Hall–Kier alpha value is -2.58. The number of hydrogen-bond donors (Lipinski definition) is 1. The molecule has 0 bridgehead atoms. The van der Waals surface area contributed by atoms with Crippen LogP contribution >= 0.6 is 0 Å². The Kier molecular flexibility index (Phi) is 8.15. The molecule has 1 unspecified atom stereocenters. The molecule has 1 fully saturated rings. The smallest absolute Gasteiger partial charge is 0.406 e. The van der Waals surface area contributed by atoms with E-state index in [9.17, 15) is 18.0 Å². The third-order valence-corrected chi connectivity index (χ3v) is 5.81. The number of alkyl halides is 3. The van der Waals surface area contributed by atoms with E-state index in [1.165, 1.54) is 17.7 Å². The minimum absolute atomic E-state index is 0.0361. The van der Waals surface area contributed by atoms with Crippen molar-refractivity contribution >= 4 is 5.91 Å². The van der Waals surface area contributed by atoms with Gasteiger partial charge in [0, 0.05) is 32.2 Å². The molecule has 3 rings (SSSR count). The summed E-state index contributed by atoms with van der Waals surface area (Å²) < 4.78 is 40.7. The molecule has 174 valence electrons. The molecule has 1 aliphatic rings. The number of amides is 1. The lowest BCUT2D eigenvalue weighted by Gasteiger charge is -2.33. The fraction of sp³-hybridized carbons (Fsp3) is 0.458. The van der Waals surface area contributed by atoms with Gasteiger partial charge >= 0.3 is 6.36 Å². The Balaban J connectivity index is 1.42. The fourth-order valence-corrected chi connectivity index (χ4v) is 3.82. The average molecular weight is 450 g/mol. The van der Waals surface area contributed by atoms with Crippen molar-refractivity contribution in [2.75, 3.05) is 20.1 Å². The van der Waals surface area contributed by atoms with Crippen LogP contribution in [0, 0.1) is 0 Å². The predicted octanol–water partition coefficient (Wildman–Crippen LogP) is 4.19. The van der Waals surface area contributed by atoms with E-state index >= 15 is 0 Å². The van der Waals surface area contributed by atoms with Crippen LogP contribution in [0.2, 0.25) is 0 Å². The van der Waals surface area contributed by atoms with E-state index in [0.717, 1.165) is 38.0 Å². The molecular formula is C24H30F3N3O2. The quantitative estimate of drug-likeness (QED) is 0.657. The highest BCUT2D eigenvalue weighted by atomic mass is 19.4. The Morgan fingerprint density at radius 1 is 1.09 bits per heavy atom. The van der Waals surface area contributed by atoms with Gasteiger partial charge in [0.25, 0.3) is 0 Å². The summed E-state index contributed by atoms with van der Waals surface area (Å²) in [6.45, 7) is 5.08. The molecule has 1 aliphatic heterocycles. The monoisotopic (exact) mass is 449 g/mol. The summed E-state index contributed by atoms with van der Waals surface area (Å²) in [7, 11) is 1.83.